The molecule has 0 radical (unpaired) electrons. The second kappa shape index (κ2) is 5.97. The van der Waals surface area contributed by atoms with Crippen molar-refractivity contribution in [1.82, 2.24) is 15.2 Å². The van der Waals surface area contributed by atoms with Crippen LogP contribution in [0.5, 0.6) is 5.88 Å². The van der Waals surface area contributed by atoms with Crippen molar-refractivity contribution < 1.29 is 9.53 Å². The van der Waals surface area contributed by atoms with Gasteiger partial charge in [-0.3, -0.25) is 4.79 Å². The lowest BCUT2D eigenvalue weighted by molar-refractivity contribution is -0.129. The molecule has 0 aliphatic carbocycles. The molecule has 20 heavy (non-hydrogen) atoms. The lowest BCUT2D eigenvalue weighted by Crippen LogP contribution is -2.21. The quantitative estimate of drug-likeness (QED) is 0.899. The Balaban J connectivity index is 0.00000147. The molecule has 2 aliphatic rings. The first-order valence-electron chi connectivity index (χ1n) is 6.75. The highest BCUT2D eigenvalue weighted by Gasteiger charge is 2.25. The molecule has 3 rings (SSSR count). The van der Waals surface area contributed by atoms with E-state index in [9.17, 15) is 4.79 Å². The summed E-state index contributed by atoms with van der Waals surface area (Å²) in [6.45, 7) is 5.97. The first-order chi connectivity index (χ1) is 9.11. The van der Waals surface area contributed by atoms with Gasteiger partial charge in [0.1, 0.15) is 6.10 Å². The Hall–Kier alpha value is -1.33. The fraction of sp³-hybridized carbons (Fsp3) is 0.571. The fourth-order valence-corrected chi connectivity index (χ4v) is 2.70. The highest BCUT2D eigenvalue weighted by Crippen LogP contribution is 2.26. The van der Waals surface area contributed by atoms with Crippen molar-refractivity contribution in [2.45, 2.75) is 45.5 Å². The van der Waals surface area contributed by atoms with Crippen LogP contribution in [0.4, 0.5) is 0 Å². The van der Waals surface area contributed by atoms with Crippen LogP contribution in [0.3, 0.4) is 0 Å². The van der Waals surface area contributed by atoms with Crippen LogP contribution in [0.25, 0.3) is 0 Å². The van der Waals surface area contributed by atoms with E-state index in [2.05, 4.69) is 17.2 Å². The monoisotopic (exact) mass is 297 g/mol. The second-order valence-corrected chi connectivity index (χ2v) is 5.45. The molecular weight excluding hydrogens is 278 g/mol. The van der Waals surface area contributed by atoms with Crippen molar-refractivity contribution >= 4 is 18.3 Å². The summed E-state index contributed by atoms with van der Waals surface area (Å²) in [6.07, 6.45) is 3.04. The maximum Gasteiger partial charge on any atom is 0.220 e. The molecule has 1 aromatic rings. The molecule has 0 bridgehead atoms. The van der Waals surface area contributed by atoms with Gasteiger partial charge in [0.05, 0.1) is 0 Å². The number of nitrogens with one attached hydrogen (secondary N) is 1. The molecule has 5 nitrogen and oxygen atoms in total. The van der Waals surface area contributed by atoms with Crippen molar-refractivity contribution in [3.63, 3.8) is 0 Å². The Labute approximate surface area is 125 Å². The van der Waals surface area contributed by atoms with Crippen LogP contribution >= 0.6 is 12.4 Å². The molecule has 2 atom stereocenters. The summed E-state index contributed by atoms with van der Waals surface area (Å²) in [5.41, 5.74) is 2.28. The van der Waals surface area contributed by atoms with Crippen LogP contribution in [0, 0.1) is 0 Å². The van der Waals surface area contributed by atoms with Gasteiger partial charge in [-0.1, -0.05) is 0 Å². The average Bonchev–Trinajstić information content (AvgIpc) is 2.95. The van der Waals surface area contributed by atoms with E-state index < -0.39 is 0 Å². The first-order valence-corrected chi connectivity index (χ1v) is 6.75. The molecule has 110 valence electrons. The number of hydrogen-bond donors (Lipinski definition) is 1. The molecule has 0 spiro atoms. The maximum atomic E-state index is 11.4. The smallest absolute Gasteiger partial charge is 0.220 e. The standard InChI is InChI=1S/C14H19N3O2.ClH/c1-9-3-13(6-15-9)19-14-4-11-7-17(10(2)18)8-12(11)5-16-14;/h4-5,9,13,15H,3,6-8H2,1-2H3;1H/t9-,13+;/m0./s1. The minimum atomic E-state index is 0. The van der Waals surface area contributed by atoms with E-state index in [4.69, 9.17) is 4.74 Å². The van der Waals surface area contributed by atoms with E-state index in [1.54, 1.807) is 6.92 Å². The molecule has 0 unspecified atom stereocenters. The summed E-state index contributed by atoms with van der Waals surface area (Å²) in [7, 11) is 0. The van der Waals surface area contributed by atoms with Gasteiger partial charge in [0.25, 0.3) is 0 Å². The highest BCUT2D eigenvalue weighted by molar-refractivity contribution is 5.85. The van der Waals surface area contributed by atoms with Crippen molar-refractivity contribution in [3.05, 3.63) is 23.4 Å². The predicted octanol–water partition coefficient (Wildman–Crippen LogP) is 1.49. The number of pyridine rings is 1. The number of carbonyl (C=O) groups is 1. The van der Waals surface area contributed by atoms with Gasteiger partial charge in [-0.05, 0) is 18.1 Å². The van der Waals surface area contributed by atoms with Gasteiger partial charge in [-0.2, -0.15) is 0 Å². The number of hydrogen-bond acceptors (Lipinski definition) is 4. The highest BCUT2D eigenvalue weighted by atomic mass is 35.5. The summed E-state index contributed by atoms with van der Waals surface area (Å²) in [5, 5.41) is 3.36. The van der Waals surface area contributed by atoms with E-state index in [1.165, 1.54) is 0 Å². The van der Waals surface area contributed by atoms with Gasteiger partial charge in [0, 0.05) is 51.3 Å². The third kappa shape index (κ3) is 3.04. The molecule has 6 heteroatoms. The molecule has 3 heterocycles. The Kier molecular flexibility index (Phi) is 4.50. The average molecular weight is 298 g/mol. The number of halogens is 1. The van der Waals surface area contributed by atoms with Crippen molar-refractivity contribution in [2.75, 3.05) is 6.54 Å². The summed E-state index contributed by atoms with van der Waals surface area (Å²) < 4.78 is 5.89. The van der Waals surface area contributed by atoms with Gasteiger partial charge in [0.15, 0.2) is 0 Å². The first kappa shape index (κ1) is 15.1. The lowest BCUT2D eigenvalue weighted by atomic mass is 10.2. The van der Waals surface area contributed by atoms with Gasteiger partial charge in [-0.15, -0.1) is 12.4 Å². The zero-order valence-electron chi connectivity index (χ0n) is 11.8. The van der Waals surface area contributed by atoms with E-state index in [-0.39, 0.29) is 24.4 Å². The molecule has 1 N–H and O–H groups in total. The van der Waals surface area contributed by atoms with Gasteiger partial charge >= 0.3 is 0 Å². The summed E-state index contributed by atoms with van der Waals surface area (Å²) >= 11 is 0. The summed E-state index contributed by atoms with van der Waals surface area (Å²) in [5.74, 6) is 0.775. The zero-order valence-corrected chi connectivity index (χ0v) is 12.6. The van der Waals surface area contributed by atoms with E-state index in [0.29, 0.717) is 25.0 Å². The van der Waals surface area contributed by atoms with Gasteiger partial charge < -0.3 is 15.0 Å². The number of amides is 1. The maximum absolute atomic E-state index is 11.4. The Morgan fingerprint density at radius 1 is 1.45 bits per heavy atom. The topological polar surface area (TPSA) is 54.5 Å². The largest absolute Gasteiger partial charge is 0.473 e. The van der Waals surface area contributed by atoms with Gasteiger partial charge in [0.2, 0.25) is 11.8 Å². The van der Waals surface area contributed by atoms with Crippen LogP contribution in [0.15, 0.2) is 12.3 Å². The molecule has 2 aliphatic heterocycles. The van der Waals surface area contributed by atoms with E-state index in [0.717, 1.165) is 24.1 Å². The van der Waals surface area contributed by atoms with Crippen LogP contribution < -0.4 is 10.1 Å². The lowest BCUT2D eigenvalue weighted by Gasteiger charge is -2.12. The Bertz CT molecular complexity index is 509. The summed E-state index contributed by atoms with van der Waals surface area (Å²) in [6, 6.07) is 2.48. The Morgan fingerprint density at radius 2 is 2.20 bits per heavy atom. The van der Waals surface area contributed by atoms with Crippen LogP contribution in [-0.4, -0.2) is 34.5 Å². The molecule has 1 amide bonds. The zero-order chi connectivity index (χ0) is 13.4. The van der Waals surface area contributed by atoms with Crippen LogP contribution in [0.1, 0.15) is 31.4 Å². The SMILES string of the molecule is CC(=O)N1Cc2cnc(O[C@H]3CN[C@@H](C)C3)cc2C1.Cl. The number of nitrogens with zero attached hydrogens (tertiary/aromatic N) is 2. The minimum Gasteiger partial charge on any atom is -0.473 e. The molecule has 1 saturated heterocycles. The van der Waals surface area contributed by atoms with Crippen molar-refractivity contribution in [3.8, 4) is 5.88 Å². The molecule has 1 fully saturated rings. The predicted molar refractivity (Wildman–Crippen MR) is 77.9 cm³/mol. The molecular formula is C14H20ClN3O2. The fourth-order valence-electron chi connectivity index (χ4n) is 2.70. The molecule has 0 aromatic carbocycles. The number of rotatable bonds is 2. The third-order valence-corrected chi connectivity index (χ3v) is 3.82. The van der Waals surface area contributed by atoms with Gasteiger partial charge in [-0.25, -0.2) is 4.98 Å². The minimum absolute atomic E-state index is 0. The van der Waals surface area contributed by atoms with Crippen molar-refractivity contribution in [1.29, 1.82) is 0 Å². The number of fused-ring (bicyclic) bond motifs is 1. The van der Waals surface area contributed by atoms with Crippen molar-refractivity contribution in [2.24, 2.45) is 0 Å². The van der Waals surface area contributed by atoms with E-state index in [1.807, 2.05) is 17.2 Å². The Morgan fingerprint density at radius 3 is 2.85 bits per heavy atom. The number of carbonyl (C=O) groups excluding carboxylic acids is 1. The number of ether oxygens (including phenoxy) is 1. The van der Waals surface area contributed by atoms with Crippen LogP contribution in [0.2, 0.25) is 0 Å². The third-order valence-electron chi connectivity index (χ3n) is 3.82. The molecule has 1 aromatic heterocycles. The second-order valence-electron chi connectivity index (χ2n) is 5.45. The normalized spacial score (nSPS) is 24.2. The van der Waals surface area contributed by atoms with Crippen LogP contribution in [-0.2, 0) is 17.9 Å². The molecule has 0 saturated carbocycles. The summed E-state index contributed by atoms with van der Waals surface area (Å²) in [4.78, 5) is 17.5. The number of aromatic nitrogens is 1. The van der Waals surface area contributed by atoms with E-state index >= 15 is 0 Å².